The van der Waals surface area contributed by atoms with Gasteiger partial charge >= 0.3 is 0 Å². The van der Waals surface area contributed by atoms with Gasteiger partial charge in [-0.3, -0.25) is 9.80 Å². The van der Waals surface area contributed by atoms with Gasteiger partial charge in [-0.2, -0.15) is 0 Å². The van der Waals surface area contributed by atoms with E-state index in [4.69, 9.17) is 0 Å². The van der Waals surface area contributed by atoms with Crippen LogP contribution in [0.5, 0.6) is 0 Å². The molecule has 0 radical (unpaired) electrons. The van der Waals surface area contributed by atoms with Crippen molar-refractivity contribution in [2.75, 3.05) is 26.2 Å². The SMILES string of the molecule is C.CCc1ccn(C[C@H]2CCCN(C(C)(C)C)C2)c1.CCc1ccn(C[C@H]2CCCN(C(C)(C)C)C2)c1. The number of aryl methyl sites for hydroxylation is 2. The summed E-state index contributed by atoms with van der Waals surface area (Å²) in [6, 6.07) is 4.51. The van der Waals surface area contributed by atoms with E-state index in [1.54, 1.807) is 0 Å². The van der Waals surface area contributed by atoms with Crippen molar-refractivity contribution in [2.45, 2.75) is 126 Å². The molecule has 4 nitrogen and oxygen atoms in total. The molecule has 2 atom stereocenters. The lowest BCUT2D eigenvalue weighted by Gasteiger charge is -2.41. The standard InChI is InChI=1S/2C16H28N2.CH4/c2*1-5-14-8-10-17(11-14)12-15-7-6-9-18(13-15)16(2,3)4;/h2*8,10-11,15H,5-7,9,12-13H2,1-4H3;1H4/t2*15-;/m11./s1. The van der Waals surface area contributed by atoms with Gasteiger partial charge in [0.25, 0.3) is 0 Å². The third-order valence-corrected chi connectivity index (χ3v) is 8.31. The lowest BCUT2D eigenvalue weighted by atomic mass is 9.93. The predicted molar refractivity (Wildman–Crippen MR) is 162 cm³/mol. The van der Waals surface area contributed by atoms with Crippen LogP contribution in [0.1, 0.15) is 99.6 Å². The molecule has 2 saturated heterocycles. The van der Waals surface area contributed by atoms with Crippen molar-refractivity contribution in [3.63, 3.8) is 0 Å². The fourth-order valence-corrected chi connectivity index (χ4v) is 5.87. The predicted octanol–water partition coefficient (Wildman–Crippen LogP) is 7.76. The summed E-state index contributed by atoms with van der Waals surface area (Å²) in [4.78, 5) is 5.29. The molecule has 0 N–H and O–H groups in total. The van der Waals surface area contributed by atoms with Gasteiger partial charge in [0, 0.05) is 62.0 Å². The van der Waals surface area contributed by atoms with E-state index >= 15 is 0 Å². The van der Waals surface area contributed by atoms with E-state index in [0.717, 1.165) is 24.7 Å². The van der Waals surface area contributed by atoms with Gasteiger partial charge in [0.05, 0.1) is 0 Å². The van der Waals surface area contributed by atoms with Gasteiger partial charge < -0.3 is 9.13 Å². The first kappa shape index (κ1) is 31.7. The molecule has 2 fully saturated rings. The zero-order valence-corrected chi connectivity index (χ0v) is 24.9. The van der Waals surface area contributed by atoms with Crippen LogP contribution in [-0.2, 0) is 25.9 Å². The van der Waals surface area contributed by atoms with Crippen LogP contribution in [0.2, 0.25) is 0 Å². The molecule has 0 unspecified atom stereocenters. The molecular weight excluding hydrogens is 452 g/mol. The van der Waals surface area contributed by atoms with Crippen molar-refractivity contribution in [1.29, 1.82) is 0 Å². The summed E-state index contributed by atoms with van der Waals surface area (Å²) in [5.41, 5.74) is 3.56. The van der Waals surface area contributed by atoms with Crippen LogP contribution in [0, 0.1) is 11.8 Å². The smallest absolute Gasteiger partial charge is 0.0260 e. The second-order valence-electron chi connectivity index (χ2n) is 13.4. The highest BCUT2D eigenvalue weighted by Crippen LogP contribution is 2.26. The van der Waals surface area contributed by atoms with E-state index in [-0.39, 0.29) is 7.43 Å². The Morgan fingerprint density at radius 3 is 1.35 bits per heavy atom. The van der Waals surface area contributed by atoms with E-state index < -0.39 is 0 Å². The Balaban J connectivity index is 0.000000253. The van der Waals surface area contributed by atoms with Crippen LogP contribution >= 0.6 is 0 Å². The second kappa shape index (κ2) is 14.0. The van der Waals surface area contributed by atoms with E-state index in [1.165, 1.54) is 76.1 Å². The molecule has 0 amide bonds. The lowest BCUT2D eigenvalue weighted by molar-refractivity contribution is 0.0734. The number of nitrogens with zero attached hydrogens (tertiary/aromatic N) is 4. The minimum absolute atomic E-state index is 0. The Kier molecular flexibility index (Phi) is 12.0. The topological polar surface area (TPSA) is 16.3 Å². The zero-order valence-electron chi connectivity index (χ0n) is 24.9. The lowest BCUT2D eigenvalue weighted by Crippen LogP contribution is -2.47. The van der Waals surface area contributed by atoms with Gasteiger partial charge in [-0.1, -0.05) is 21.3 Å². The third kappa shape index (κ3) is 9.94. The maximum Gasteiger partial charge on any atom is 0.0260 e. The molecule has 2 aromatic rings. The first-order valence-electron chi connectivity index (χ1n) is 14.8. The number of aromatic nitrogens is 2. The van der Waals surface area contributed by atoms with Gasteiger partial charge in [-0.05, 0) is 128 Å². The average Bonchev–Trinajstić information content (AvgIpc) is 3.48. The molecule has 0 saturated carbocycles. The molecule has 2 aliphatic rings. The van der Waals surface area contributed by atoms with Gasteiger partial charge in [0.15, 0.2) is 0 Å². The summed E-state index contributed by atoms with van der Waals surface area (Å²) >= 11 is 0. The Morgan fingerprint density at radius 1 is 0.676 bits per heavy atom. The Hall–Kier alpha value is -1.52. The molecule has 4 heteroatoms. The fourth-order valence-electron chi connectivity index (χ4n) is 5.87. The van der Waals surface area contributed by atoms with Gasteiger partial charge in [-0.25, -0.2) is 0 Å². The van der Waals surface area contributed by atoms with Gasteiger partial charge in [0.2, 0.25) is 0 Å². The highest BCUT2D eigenvalue weighted by molar-refractivity contribution is 5.10. The first-order chi connectivity index (χ1) is 17.0. The summed E-state index contributed by atoms with van der Waals surface area (Å²) in [5, 5.41) is 0. The third-order valence-electron chi connectivity index (χ3n) is 8.31. The summed E-state index contributed by atoms with van der Waals surface area (Å²) in [7, 11) is 0. The summed E-state index contributed by atoms with van der Waals surface area (Å²) in [6.45, 7) is 25.9. The van der Waals surface area contributed by atoms with E-state index in [1.807, 2.05) is 0 Å². The van der Waals surface area contributed by atoms with Gasteiger partial charge in [0.1, 0.15) is 0 Å². The molecule has 0 aliphatic carbocycles. The summed E-state index contributed by atoms with van der Waals surface area (Å²) < 4.78 is 4.77. The quantitative estimate of drug-likeness (QED) is 0.393. The van der Waals surface area contributed by atoms with Crippen molar-refractivity contribution in [3.8, 4) is 0 Å². The van der Waals surface area contributed by atoms with E-state index in [0.29, 0.717) is 11.1 Å². The highest BCUT2D eigenvalue weighted by Gasteiger charge is 2.28. The number of hydrogen-bond donors (Lipinski definition) is 0. The average molecular weight is 513 g/mol. The summed E-state index contributed by atoms with van der Waals surface area (Å²) in [5.74, 6) is 1.63. The number of likely N-dealkylation sites (tertiary alicyclic amines) is 2. The Morgan fingerprint density at radius 2 is 1.05 bits per heavy atom. The molecule has 2 aromatic heterocycles. The monoisotopic (exact) mass is 512 g/mol. The maximum absolute atomic E-state index is 2.64. The summed E-state index contributed by atoms with van der Waals surface area (Å²) in [6.07, 6.45) is 16.9. The van der Waals surface area contributed by atoms with Crippen LogP contribution in [0.3, 0.4) is 0 Å². The molecule has 4 rings (SSSR count). The first-order valence-corrected chi connectivity index (χ1v) is 14.8. The Labute approximate surface area is 230 Å². The second-order valence-corrected chi connectivity index (χ2v) is 13.4. The van der Waals surface area contributed by atoms with E-state index in [2.05, 4.69) is 111 Å². The molecule has 4 heterocycles. The molecular formula is C33H60N4. The fraction of sp³-hybridized carbons (Fsp3) is 0.758. The van der Waals surface area contributed by atoms with Crippen LogP contribution in [-0.4, -0.2) is 56.2 Å². The van der Waals surface area contributed by atoms with Crippen molar-refractivity contribution >= 4 is 0 Å². The van der Waals surface area contributed by atoms with Crippen LogP contribution in [0.4, 0.5) is 0 Å². The number of rotatable bonds is 6. The molecule has 0 spiro atoms. The number of piperidine rings is 2. The van der Waals surface area contributed by atoms with Crippen molar-refractivity contribution in [1.82, 2.24) is 18.9 Å². The minimum Gasteiger partial charge on any atom is -0.354 e. The van der Waals surface area contributed by atoms with Crippen molar-refractivity contribution < 1.29 is 0 Å². The van der Waals surface area contributed by atoms with E-state index in [9.17, 15) is 0 Å². The largest absolute Gasteiger partial charge is 0.354 e. The molecule has 0 bridgehead atoms. The highest BCUT2D eigenvalue weighted by atomic mass is 15.2. The molecule has 0 aromatic carbocycles. The van der Waals surface area contributed by atoms with Crippen LogP contribution < -0.4 is 0 Å². The van der Waals surface area contributed by atoms with Crippen LogP contribution in [0.15, 0.2) is 36.9 Å². The van der Waals surface area contributed by atoms with Crippen LogP contribution in [0.25, 0.3) is 0 Å². The number of hydrogen-bond acceptors (Lipinski definition) is 2. The van der Waals surface area contributed by atoms with Crippen molar-refractivity contribution in [2.24, 2.45) is 11.8 Å². The van der Waals surface area contributed by atoms with Crippen molar-refractivity contribution in [3.05, 3.63) is 48.0 Å². The van der Waals surface area contributed by atoms with Gasteiger partial charge in [-0.15, -0.1) is 0 Å². The zero-order chi connectivity index (χ0) is 26.3. The minimum atomic E-state index is 0. The maximum atomic E-state index is 2.64. The molecule has 212 valence electrons. The molecule has 37 heavy (non-hydrogen) atoms. The normalized spacial score (nSPS) is 21.7. The Bertz CT molecular complexity index is 820. The molecule has 2 aliphatic heterocycles.